The Morgan fingerprint density at radius 1 is 1.15 bits per heavy atom. The van der Waals surface area contributed by atoms with Crippen LogP contribution in [0.1, 0.15) is 19.4 Å². The molecule has 0 radical (unpaired) electrons. The SMILES string of the molecule is CC(CO)C(C)NC(=O)Cc1ccc2ccccc2c1. The minimum Gasteiger partial charge on any atom is -0.396 e. The normalized spacial score (nSPS) is 13.9. The van der Waals surface area contributed by atoms with Crippen molar-refractivity contribution >= 4 is 16.7 Å². The molecule has 0 saturated heterocycles. The van der Waals surface area contributed by atoms with Gasteiger partial charge in [-0.1, -0.05) is 49.4 Å². The van der Waals surface area contributed by atoms with E-state index >= 15 is 0 Å². The third kappa shape index (κ3) is 3.58. The fourth-order valence-corrected chi connectivity index (χ4v) is 2.14. The van der Waals surface area contributed by atoms with Crippen LogP contribution in [0.5, 0.6) is 0 Å². The number of carbonyl (C=O) groups is 1. The number of fused-ring (bicyclic) bond motifs is 1. The molecule has 0 aliphatic heterocycles. The van der Waals surface area contributed by atoms with Crippen molar-refractivity contribution in [3.05, 3.63) is 48.0 Å². The van der Waals surface area contributed by atoms with Gasteiger partial charge in [0.1, 0.15) is 0 Å². The van der Waals surface area contributed by atoms with Crippen LogP contribution >= 0.6 is 0 Å². The summed E-state index contributed by atoms with van der Waals surface area (Å²) in [6.45, 7) is 3.91. The molecule has 0 aliphatic carbocycles. The molecule has 0 aliphatic rings. The van der Waals surface area contributed by atoms with Gasteiger partial charge in [0.15, 0.2) is 0 Å². The highest BCUT2D eigenvalue weighted by molar-refractivity contribution is 5.85. The predicted octanol–water partition coefficient (Wildman–Crippen LogP) is 2.52. The first-order chi connectivity index (χ1) is 9.60. The van der Waals surface area contributed by atoms with E-state index in [0.29, 0.717) is 6.42 Å². The van der Waals surface area contributed by atoms with Gasteiger partial charge in [-0.3, -0.25) is 4.79 Å². The molecule has 0 saturated carbocycles. The number of rotatable bonds is 5. The summed E-state index contributed by atoms with van der Waals surface area (Å²) in [5.41, 5.74) is 1.00. The molecule has 0 fully saturated rings. The van der Waals surface area contributed by atoms with Crippen LogP contribution in [0.2, 0.25) is 0 Å². The molecule has 2 aromatic carbocycles. The first-order valence-electron chi connectivity index (χ1n) is 6.98. The summed E-state index contributed by atoms with van der Waals surface area (Å²) in [5.74, 6) is 0.0589. The minimum atomic E-state index is -0.0204. The molecule has 2 aromatic rings. The van der Waals surface area contributed by atoms with Gasteiger partial charge < -0.3 is 10.4 Å². The lowest BCUT2D eigenvalue weighted by atomic mass is 10.0. The van der Waals surface area contributed by atoms with Crippen molar-refractivity contribution in [1.29, 1.82) is 0 Å². The van der Waals surface area contributed by atoms with Gasteiger partial charge in [-0.15, -0.1) is 0 Å². The summed E-state index contributed by atoms with van der Waals surface area (Å²) in [5, 5.41) is 14.3. The van der Waals surface area contributed by atoms with Crippen LogP contribution in [0.4, 0.5) is 0 Å². The second-order valence-electron chi connectivity index (χ2n) is 5.37. The summed E-state index contributed by atoms with van der Waals surface area (Å²) >= 11 is 0. The van der Waals surface area contributed by atoms with E-state index in [1.165, 1.54) is 5.39 Å². The number of benzene rings is 2. The highest BCUT2D eigenvalue weighted by atomic mass is 16.3. The van der Waals surface area contributed by atoms with Gasteiger partial charge in [0, 0.05) is 12.6 Å². The number of amides is 1. The summed E-state index contributed by atoms with van der Waals surface area (Å²) in [4.78, 5) is 12.0. The van der Waals surface area contributed by atoms with Gasteiger partial charge in [0.2, 0.25) is 5.91 Å². The summed E-state index contributed by atoms with van der Waals surface area (Å²) in [7, 11) is 0. The molecule has 106 valence electrons. The second-order valence-corrected chi connectivity index (χ2v) is 5.37. The molecule has 20 heavy (non-hydrogen) atoms. The molecule has 2 atom stereocenters. The van der Waals surface area contributed by atoms with E-state index in [2.05, 4.69) is 17.4 Å². The number of hydrogen-bond donors (Lipinski definition) is 2. The molecular formula is C17H21NO2. The van der Waals surface area contributed by atoms with Crippen molar-refractivity contribution in [3.8, 4) is 0 Å². The fraction of sp³-hybridized carbons (Fsp3) is 0.353. The number of hydrogen-bond acceptors (Lipinski definition) is 2. The van der Waals surface area contributed by atoms with Crippen LogP contribution in [0.25, 0.3) is 10.8 Å². The van der Waals surface area contributed by atoms with Crippen LogP contribution in [0.15, 0.2) is 42.5 Å². The largest absolute Gasteiger partial charge is 0.396 e. The third-order valence-corrected chi connectivity index (χ3v) is 3.71. The predicted molar refractivity (Wildman–Crippen MR) is 81.5 cm³/mol. The zero-order chi connectivity index (χ0) is 14.5. The Labute approximate surface area is 119 Å². The van der Waals surface area contributed by atoms with Crippen molar-refractivity contribution in [1.82, 2.24) is 5.32 Å². The molecule has 0 bridgehead atoms. The molecule has 2 unspecified atom stereocenters. The van der Waals surface area contributed by atoms with E-state index in [1.807, 2.05) is 44.2 Å². The third-order valence-electron chi connectivity index (χ3n) is 3.71. The van der Waals surface area contributed by atoms with Gasteiger partial charge in [0.25, 0.3) is 0 Å². The Balaban J connectivity index is 2.02. The van der Waals surface area contributed by atoms with E-state index in [9.17, 15) is 4.79 Å². The smallest absolute Gasteiger partial charge is 0.224 e. The molecule has 0 spiro atoms. The van der Waals surface area contributed by atoms with E-state index in [4.69, 9.17) is 5.11 Å². The minimum absolute atomic E-state index is 0.00641. The lowest BCUT2D eigenvalue weighted by Crippen LogP contribution is -2.39. The molecule has 3 nitrogen and oxygen atoms in total. The molecule has 2 rings (SSSR count). The summed E-state index contributed by atoms with van der Waals surface area (Å²) in [6, 6.07) is 14.2. The Morgan fingerprint density at radius 2 is 1.85 bits per heavy atom. The van der Waals surface area contributed by atoms with E-state index < -0.39 is 0 Å². The quantitative estimate of drug-likeness (QED) is 0.878. The van der Waals surface area contributed by atoms with Gasteiger partial charge in [-0.05, 0) is 29.2 Å². The first-order valence-corrected chi connectivity index (χ1v) is 6.98. The first kappa shape index (κ1) is 14.5. The van der Waals surface area contributed by atoms with Crippen LogP contribution in [0, 0.1) is 5.92 Å². The van der Waals surface area contributed by atoms with Gasteiger partial charge >= 0.3 is 0 Å². The monoisotopic (exact) mass is 271 g/mol. The zero-order valence-corrected chi connectivity index (χ0v) is 12.0. The Kier molecular flexibility index (Phi) is 4.74. The molecular weight excluding hydrogens is 250 g/mol. The molecule has 1 amide bonds. The maximum atomic E-state index is 12.0. The van der Waals surface area contributed by atoms with Crippen LogP contribution < -0.4 is 5.32 Å². The van der Waals surface area contributed by atoms with Crippen LogP contribution in [-0.4, -0.2) is 23.7 Å². The van der Waals surface area contributed by atoms with Crippen molar-refractivity contribution < 1.29 is 9.90 Å². The average molecular weight is 271 g/mol. The van der Waals surface area contributed by atoms with E-state index in [-0.39, 0.29) is 24.5 Å². The van der Waals surface area contributed by atoms with Gasteiger partial charge in [0.05, 0.1) is 6.42 Å². The number of aliphatic hydroxyl groups excluding tert-OH is 1. The maximum absolute atomic E-state index is 12.0. The lowest BCUT2D eigenvalue weighted by Gasteiger charge is -2.19. The fourth-order valence-electron chi connectivity index (χ4n) is 2.14. The summed E-state index contributed by atoms with van der Waals surface area (Å²) in [6.07, 6.45) is 0.368. The van der Waals surface area contributed by atoms with E-state index in [0.717, 1.165) is 10.9 Å². The van der Waals surface area contributed by atoms with Crippen molar-refractivity contribution in [2.75, 3.05) is 6.61 Å². The highest BCUT2D eigenvalue weighted by Crippen LogP contribution is 2.16. The molecule has 0 aromatic heterocycles. The van der Waals surface area contributed by atoms with Gasteiger partial charge in [-0.25, -0.2) is 0 Å². The zero-order valence-electron chi connectivity index (χ0n) is 12.0. The Hall–Kier alpha value is -1.87. The lowest BCUT2D eigenvalue weighted by molar-refractivity contribution is -0.121. The molecule has 2 N–H and O–H groups in total. The van der Waals surface area contributed by atoms with E-state index in [1.54, 1.807) is 0 Å². The van der Waals surface area contributed by atoms with Crippen molar-refractivity contribution in [2.24, 2.45) is 5.92 Å². The van der Waals surface area contributed by atoms with Crippen molar-refractivity contribution in [3.63, 3.8) is 0 Å². The Morgan fingerprint density at radius 3 is 2.55 bits per heavy atom. The maximum Gasteiger partial charge on any atom is 0.224 e. The molecule has 0 heterocycles. The average Bonchev–Trinajstić information content (AvgIpc) is 2.46. The molecule has 3 heteroatoms. The summed E-state index contributed by atoms with van der Waals surface area (Å²) < 4.78 is 0. The number of nitrogens with one attached hydrogen (secondary N) is 1. The van der Waals surface area contributed by atoms with Crippen LogP contribution in [0.3, 0.4) is 0 Å². The standard InChI is InChI=1S/C17H21NO2/c1-12(11-19)13(2)18-17(20)10-14-7-8-15-5-3-4-6-16(15)9-14/h3-9,12-13,19H,10-11H2,1-2H3,(H,18,20). The van der Waals surface area contributed by atoms with Gasteiger partial charge in [-0.2, -0.15) is 0 Å². The Bertz CT molecular complexity index is 594. The topological polar surface area (TPSA) is 49.3 Å². The second kappa shape index (κ2) is 6.53. The van der Waals surface area contributed by atoms with Crippen molar-refractivity contribution in [2.45, 2.75) is 26.3 Å². The highest BCUT2D eigenvalue weighted by Gasteiger charge is 2.14. The number of aliphatic hydroxyl groups is 1. The van der Waals surface area contributed by atoms with Crippen LogP contribution in [-0.2, 0) is 11.2 Å². The number of carbonyl (C=O) groups excluding carboxylic acids is 1.